The number of benzene rings is 2. The van der Waals surface area contributed by atoms with E-state index >= 15 is 0 Å². The van der Waals surface area contributed by atoms with Gasteiger partial charge in [0.25, 0.3) is 0 Å². The van der Waals surface area contributed by atoms with Crippen molar-refractivity contribution in [3.8, 4) is 0 Å². The predicted octanol–water partition coefficient (Wildman–Crippen LogP) is 4.11. The summed E-state index contributed by atoms with van der Waals surface area (Å²) in [5.74, 6) is -2.56. The molecule has 0 aromatic heterocycles. The van der Waals surface area contributed by atoms with Gasteiger partial charge in [0.1, 0.15) is 0 Å². The molecule has 0 fully saturated rings. The summed E-state index contributed by atoms with van der Waals surface area (Å²) in [6, 6.07) is 9.40. The van der Waals surface area contributed by atoms with E-state index in [4.69, 9.17) is 0 Å². The highest BCUT2D eigenvalue weighted by Crippen LogP contribution is 2.19. The van der Waals surface area contributed by atoms with Gasteiger partial charge in [-0.3, -0.25) is 4.79 Å². The summed E-state index contributed by atoms with van der Waals surface area (Å²) in [6.45, 7) is 1.46. The van der Waals surface area contributed by atoms with Crippen LogP contribution in [0.2, 0.25) is 0 Å². The molecular formula is C14H9F2IO. The summed E-state index contributed by atoms with van der Waals surface area (Å²) in [6.07, 6.45) is 0. The first-order chi connectivity index (χ1) is 8.50. The maximum Gasteiger partial charge on any atom is 0.196 e. The van der Waals surface area contributed by atoms with E-state index in [9.17, 15) is 13.6 Å². The Morgan fingerprint density at radius 1 is 1.00 bits per heavy atom. The van der Waals surface area contributed by atoms with E-state index in [2.05, 4.69) is 22.6 Å². The topological polar surface area (TPSA) is 17.1 Å². The minimum absolute atomic E-state index is 0.187. The molecule has 0 N–H and O–H groups in total. The highest BCUT2D eigenvalue weighted by Gasteiger charge is 2.18. The van der Waals surface area contributed by atoms with Gasteiger partial charge in [-0.2, -0.15) is 0 Å². The maximum atomic E-state index is 13.7. The molecule has 2 aromatic rings. The van der Waals surface area contributed by atoms with Crippen LogP contribution in [0.3, 0.4) is 0 Å². The number of carbonyl (C=O) groups is 1. The number of rotatable bonds is 2. The van der Waals surface area contributed by atoms with Crippen LogP contribution in [0.4, 0.5) is 8.78 Å². The van der Waals surface area contributed by atoms with Crippen molar-refractivity contribution in [2.45, 2.75) is 6.92 Å². The maximum absolute atomic E-state index is 13.7. The molecule has 0 radical (unpaired) electrons. The second-order valence-electron chi connectivity index (χ2n) is 3.89. The SMILES string of the molecule is Cc1ccc(C(=O)c2ccc(I)cc2)c(F)c1F. The second kappa shape index (κ2) is 5.14. The fourth-order valence-corrected chi connectivity index (χ4v) is 1.94. The number of hydrogen-bond donors (Lipinski definition) is 0. The zero-order valence-electron chi connectivity index (χ0n) is 9.51. The lowest BCUT2D eigenvalue weighted by molar-refractivity contribution is 0.103. The van der Waals surface area contributed by atoms with Crippen LogP contribution in [-0.2, 0) is 0 Å². The molecule has 0 saturated heterocycles. The molecule has 2 rings (SSSR count). The third kappa shape index (κ3) is 2.43. The Labute approximate surface area is 117 Å². The number of ketones is 1. The van der Waals surface area contributed by atoms with Crippen molar-refractivity contribution in [2.75, 3.05) is 0 Å². The second-order valence-corrected chi connectivity index (χ2v) is 5.14. The lowest BCUT2D eigenvalue weighted by Gasteiger charge is -2.05. The molecule has 0 bridgehead atoms. The number of halogens is 3. The van der Waals surface area contributed by atoms with Crippen LogP contribution >= 0.6 is 22.6 Å². The molecule has 0 aliphatic heterocycles. The highest BCUT2D eigenvalue weighted by molar-refractivity contribution is 14.1. The first-order valence-electron chi connectivity index (χ1n) is 5.25. The minimum Gasteiger partial charge on any atom is -0.288 e. The van der Waals surface area contributed by atoms with Gasteiger partial charge in [-0.05, 0) is 65.4 Å². The van der Waals surface area contributed by atoms with Crippen molar-refractivity contribution in [1.29, 1.82) is 0 Å². The Balaban J connectivity index is 2.46. The first-order valence-corrected chi connectivity index (χ1v) is 6.33. The Morgan fingerprint density at radius 3 is 2.22 bits per heavy atom. The van der Waals surface area contributed by atoms with Crippen molar-refractivity contribution in [1.82, 2.24) is 0 Å². The summed E-state index contributed by atoms with van der Waals surface area (Å²) in [7, 11) is 0. The molecule has 0 saturated carbocycles. The van der Waals surface area contributed by atoms with E-state index in [1.807, 2.05) is 0 Å². The fourth-order valence-electron chi connectivity index (χ4n) is 1.58. The van der Waals surface area contributed by atoms with E-state index < -0.39 is 17.4 Å². The van der Waals surface area contributed by atoms with Gasteiger partial charge < -0.3 is 0 Å². The number of carbonyl (C=O) groups excluding carboxylic acids is 1. The monoisotopic (exact) mass is 358 g/mol. The van der Waals surface area contributed by atoms with Crippen LogP contribution in [0.1, 0.15) is 21.5 Å². The van der Waals surface area contributed by atoms with E-state index in [0.717, 1.165) is 3.57 Å². The van der Waals surface area contributed by atoms with Crippen LogP contribution in [0, 0.1) is 22.1 Å². The fraction of sp³-hybridized carbons (Fsp3) is 0.0714. The first kappa shape index (κ1) is 13.1. The molecule has 0 aliphatic rings. The van der Waals surface area contributed by atoms with Gasteiger partial charge >= 0.3 is 0 Å². The summed E-state index contributed by atoms with van der Waals surface area (Å²) < 4.78 is 28.1. The lowest BCUT2D eigenvalue weighted by atomic mass is 10.0. The molecule has 2 aromatic carbocycles. The Hall–Kier alpha value is -1.30. The largest absolute Gasteiger partial charge is 0.288 e. The standard InChI is InChI=1S/C14H9F2IO/c1-8-2-7-11(13(16)12(8)15)14(18)9-3-5-10(17)6-4-9/h2-7H,1H3. The normalized spacial score (nSPS) is 10.4. The van der Waals surface area contributed by atoms with E-state index in [1.165, 1.54) is 19.1 Å². The van der Waals surface area contributed by atoms with Gasteiger partial charge in [0, 0.05) is 9.13 Å². The molecule has 0 spiro atoms. The predicted molar refractivity (Wildman–Crippen MR) is 73.7 cm³/mol. The van der Waals surface area contributed by atoms with Gasteiger partial charge in [0.15, 0.2) is 17.4 Å². The molecular weight excluding hydrogens is 349 g/mol. The van der Waals surface area contributed by atoms with Gasteiger partial charge in [-0.15, -0.1) is 0 Å². The van der Waals surface area contributed by atoms with E-state index in [-0.39, 0.29) is 11.1 Å². The zero-order chi connectivity index (χ0) is 13.3. The Morgan fingerprint density at radius 2 is 1.61 bits per heavy atom. The van der Waals surface area contributed by atoms with Crippen molar-refractivity contribution in [3.05, 3.63) is 68.3 Å². The molecule has 0 heterocycles. The zero-order valence-corrected chi connectivity index (χ0v) is 11.7. The summed E-state index contributed by atoms with van der Waals surface area (Å²) in [4.78, 5) is 12.0. The van der Waals surface area contributed by atoms with E-state index in [0.29, 0.717) is 5.56 Å². The van der Waals surface area contributed by atoms with Gasteiger partial charge in [0.2, 0.25) is 0 Å². The molecule has 0 atom stereocenters. The van der Waals surface area contributed by atoms with Crippen LogP contribution in [-0.4, -0.2) is 5.78 Å². The summed E-state index contributed by atoms with van der Waals surface area (Å²) in [5.41, 5.74) is 0.295. The summed E-state index contributed by atoms with van der Waals surface area (Å²) >= 11 is 2.11. The average Bonchev–Trinajstić information content (AvgIpc) is 2.36. The third-order valence-electron chi connectivity index (χ3n) is 2.63. The van der Waals surface area contributed by atoms with Crippen molar-refractivity contribution < 1.29 is 13.6 Å². The lowest BCUT2D eigenvalue weighted by Crippen LogP contribution is -2.06. The third-order valence-corrected chi connectivity index (χ3v) is 3.35. The van der Waals surface area contributed by atoms with Gasteiger partial charge in [0.05, 0.1) is 5.56 Å². The molecule has 92 valence electrons. The van der Waals surface area contributed by atoms with Crippen molar-refractivity contribution >= 4 is 28.4 Å². The number of aryl methyl sites for hydroxylation is 1. The van der Waals surface area contributed by atoms with Crippen molar-refractivity contribution in [2.24, 2.45) is 0 Å². The van der Waals surface area contributed by atoms with Crippen LogP contribution in [0.15, 0.2) is 36.4 Å². The molecule has 18 heavy (non-hydrogen) atoms. The minimum atomic E-state index is -1.08. The molecule has 0 unspecified atom stereocenters. The molecule has 0 aliphatic carbocycles. The molecule has 1 nitrogen and oxygen atoms in total. The van der Waals surface area contributed by atoms with E-state index in [1.54, 1.807) is 24.3 Å². The van der Waals surface area contributed by atoms with Crippen LogP contribution in [0.5, 0.6) is 0 Å². The highest BCUT2D eigenvalue weighted by atomic mass is 127. The Bertz CT molecular complexity index is 606. The smallest absolute Gasteiger partial charge is 0.196 e. The summed E-state index contributed by atoms with van der Waals surface area (Å²) in [5, 5.41) is 0. The van der Waals surface area contributed by atoms with Crippen LogP contribution < -0.4 is 0 Å². The quantitative estimate of drug-likeness (QED) is 0.583. The molecule has 0 amide bonds. The average molecular weight is 358 g/mol. The van der Waals surface area contributed by atoms with Crippen molar-refractivity contribution in [3.63, 3.8) is 0 Å². The molecule has 4 heteroatoms. The number of hydrogen-bond acceptors (Lipinski definition) is 1. The van der Waals surface area contributed by atoms with Gasteiger partial charge in [-0.25, -0.2) is 8.78 Å². The van der Waals surface area contributed by atoms with Crippen LogP contribution in [0.25, 0.3) is 0 Å². The van der Waals surface area contributed by atoms with Gasteiger partial charge in [-0.1, -0.05) is 6.07 Å². The Kier molecular flexibility index (Phi) is 3.75.